The number of halogens is 2. The maximum Gasteiger partial charge on any atom is 0.230 e. The van der Waals surface area contributed by atoms with E-state index in [-0.39, 0.29) is 17.8 Å². The summed E-state index contributed by atoms with van der Waals surface area (Å²) in [5, 5.41) is 3.30. The zero-order valence-corrected chi connectivity index (χ0v) is 12.8. The molecule has 0 aliphatic carbocycles. The minimum atomic E-state index is -0.320. The van der Waals surface area contributed by atoms with E-state index in [9.17, 15) is 9.18 Å². The van der Waals surface area contributed by atoms with E-state index in [0.29, 0.717) is 22.1 Å². The second-order valence-electron chi connectivity index (χ2n) is 4.49. The molecule has 0 fully saturated rings. The van der Waals surface area contributed by atoms with Gasteiger partial charge in [-0.05, 0) is 31.0 Å². The van der Waals surface area contributed by atoms with Crippen LogP contribution in [-0.4, -0.2) is 17.7 Å². The molecule has 5 heteroatoms. The van der Waals surface area contributed by atoms with Gasteiger partial charge in [0, 0.05) is 16.8 Å². The molecule has 0 unspecified atom stereocenters. The SMILES string of the molecule is CCC[C@@H](C)NC(=O)CSCc1ccc(Cl)cc1F. The van der Waals surface area contributed by atoms with Gasteiger partial charge in [-0.1, -0.05) is 31.0 Å². The van der Waals surface area contributed by atoms with Crippen LogP contribution < -0.4 is 5.32 Å². The zero-order chi connectivity index (χ0) is 14.3. The third kappa shape index (κ3) is 6.30. The summed E-state index contributed by atoms with van der Waals surface area (Å²) in [5.74, 6) is 0.495. The molecular weight excluding hydrogens is 285 g/mol. The van der Waals surface area contributed by atoms with Gasteiger partial charge in [0.2, 0.25) is 5.91 Å². The average molecular weight is 304 g/mol. The lowest BCUT2D eigenvalue weighted by Gasteiger charge is -2.12. The van der Waals surface area contributed by atoms with Crippen LogP contribution >= 0.6 is 23.4 Å². The quantitative estimate of drug-likeness (QED) is 0.824. The van der Waals surface area contributed by atoms with E-state index >= 15 is 0 Å². The van der Waals surface area contributed by atoms with E-state index in [1.54, 1.807) is 12.1 Å². The van der Waals surface area contributed by atoms with Gasteiger partial charge < -0.3 is 5.32 Å². The molecule has 2 nitrogen and oxygen atoms in total. The second-order valence-corrected chi connectivity index (χ2v) is 5.91. The molecule has 0 heterocycles. The number of amides is 1. The van der Waals surface area contributed by atoms with E-state index in [1.807, 2.05) is 6.92 Å². The summed E-state index contributed by atoms with van der Waals surface area (Å²) >= 11 is 7.08. The van der Waals surface area contributed by atoms with Crippen LogP contribution in [0.5, 0.6) is 0 Å². The summed E-state index contributed by atoms with van der Waals surface area (Å²) in [4.78, 5) is 11.6. The fraction of sp³-hybridized carbons (Fsp3) is 0.500. The van der Waals surface area contributed by atoms with E-state index in [0.717, 1.165) is 12.8 Å². The third-order valence-electron chi connectivity index (χ3n) is 2.63. The molecule has 0 saturated heterocycles. The lowest BCUT2D eigenvalue weighted by Crippen LogP contribution is -2.33. The summed E-state index contributed by atoms with van der Waals surface area (Å²) in [6, 6.07) is 4.80. The first-order chi connectivity index (χ1) is 9.02. The molecule has 1 aromatic rings. The van der Waals surface area contributed by atoms with Gasteiger partial charge in [0.1, 0.15) is 5.82 Å². The summed E-state index contributed by atoms with van der Waals surface area (Å²) in [5.41, 5.74) is 0.573. The number of carbonyl (C=O) groups is 1. The van der Waals surface area contributed by atoms with Crippen molar-refractivity contribution in [2.24, 2.45) is 0 Å². The molecule has 1 aromatic carbocycles. The van der Waals surface area contributed by atoms with Crippen LogP contribution in [0.4, 0.5) is 4.39 Å². The maximum absolute atomic E-state index is 13.5. The van der Waals surface area contributed by atoms with Gasteiger partial charge in [-0.3, -0.25) is 4.79 Å². The molecule has 0 aliphatic rings. The molecule has 106 valence electrons. The van der Waals surface area contributed by atoms with Gasteiger partial charge in [-0.25, -0.2) is 4.39 Å². The van der Waals surface area contributed by atoms with E-state index in [4.69, 9.17) is 11.6 Å². The fourth-order valence-electron chi connectivity index (χ4n) is 1.71. The Morgan fingerprint density at radius 2 is 2.26 bits per heavy atom. The molecule has 1 atom stereocenters. The lowest BCUT2D eigenvalue weighted by atomic mass is 10.2. The number of hydrogen-bond acceptors (Lipinski definition) is 2. The molecule has 19 heavy (non-hydrogen) atoms. The predicted octanol–water partition coefficient (Wildman–Crippen LogP) is 4.02. The summed E-state index contributed by atoms with van der Waals surface area (Å²) < 4.78 is 13.5. The van der Waals surface area contributed by atoms with Crippen molar-refractivity contribution >= 4 is 29.3 Å². The smallest absolute Gasteiger partial charge is 0.230 e. The Labute approximate surface area is 123 Å². The van der Waals surface area contributed by atoms with Gasteiger partial charge in [0.15, 0.2) is 0 Å². The predicted molar refractivity (Wildman–Crippen MR) is 80.1 cm³/mol. The number of carbonyl (C=O) groups excluding carboxylic acids is 1. The van der Waals surface area contributed by atoms with E-state index in [2.05, 4.69) is 12.2 Å². The highest BCUT2D eigenvalue weighted by molar-refractivity contribution is 7.99. The van der Waals surface area contributed by atoms with Crippen molar-refractivity contribution < 1.29 is 9.18 Å². The first-order valence-electron chi connectivity index (χ1n) is 6.34. The summed E-state index contributed by atoms with van der Waals surface area (Å²) in [6.45, 7) is 4.08. The first-order valence-corrected chi connectivity index (χ1v) is 7.87. The molecule has 1 N–H and O–H groups in total. The van der Waals surface area contributed by atoms with Crippen LogP contribution in [-0.2, 0) is 10.5 Å². The fourth-order valence-corrected chi connectivity index (χ4v) is 2.70. The van der Waals surface area contributed by atoms with Crippen molar-refractivity contribution in [2.45, 2.75) is 38.5 Å². The summed E-state index contributed by atoms with van der Waals surface area (Å²) in [6.07, 6.45) is 2.02. The van der Waals surface area contributed by atoms with Crippen LogP contribution in [0.3, 0.4) is 0 Å². The Morgan fingerprint density at radius 1 is 1.53 bits per heavy atom. The monoisotopic (exact) mass is 303 g/mol. The highest BCUT2D eigenvalue weighted by Crippen LogP contribution is 2.19. The van der Waals surface area contributed by atoms with Gasteiger partial charge in [0.05, 0.1) is 5.75 Å². The van der Waals surface area contributed by atoms with Crippen LogP contribution in [0.25, 0.3) is 0 Å². The van der Waals surface area contributed by atoms with Gasteiger partial charge in [-0.2, -0.15) is 0 Å². The molecule has 0 saturated carbocycles. The molecule has 1 rings (SSSR count). The zero-order valence-electron chi connectivity index (χ0n) is 11.2. The minimum Gasteiger partial charge on any atom is -0.353 e. The highest BCUT2D eigenvalue weighted by Gasteiger charge is 2.08. The Kier molecular flexibility index (Phi) is 7.24. The van der Waals surface area contributed by atoms with Crippen LogP contribution in [0.1, 0.15) is 32.3 Å². The maximum atomic E-state index is 13.5. The van der Waals surface area contributed by atoms with Crippen molar-refractivity contribution in [3.05, 3.63) is 34.6 Å². The Bertz CT molecular complexity index is 428. The average Bonchev–Trinajstić information content (AvgIpc) is 2.32. The van der Waals surface area contributed by atoms with Gasteiger partial charge in [-0.15, -0.1) is 11.8 Å². The van der Waals surface area contributed by atoms with Crippen molar-refractivity contribution in [1.82, 2.24) is 5.32 Å². The minimum absolute atomic E-state index is 0.000298. The number of thioether (sulfide) groups is 1. The largest absolute Gasteiger partial charge is 0.353 e. The number of rotatable bonds is 7. The van der Waals surface area contributed by atoms with Gasteiger partial charge >= 0.3 is 0 Å². The second kappa shape index (κ2) is 8.43. The summed E-state index contributed by atoms with van der Waals surface area (Å²) in [7, 11) is 0. The van der Waals surface area contributed by atoms with Crippen LogP contribution in [0, 0.1) is 5.82 Å². The number of hydrogen-bond donors (Lipinski definition) is 1. The molecule has 0 radical (unpaired) electrons. The molecule has 0 bridgehead atoms. The Hall–Kier alpha value is -0.740. The van der Waals surface area contributed by atoms with E-state index < -0.39 is 0 Å². The molecular formula is C14H19ClFNOS. The van der Waals surface area contributed by atoms with Crippen LogP contribution in [0.2, 0.25) is 5.02 Å². The standard InChI is InChI=1S/C14H19ClFNOS/c1-3-4-10(2)17-14(18)9-19-8-11-5-6-12(15)7-13(11)16/h5-7,10H,3-4,8-9H2,1-2H3,(H,17,18)/t10-/m1/s1. The topological polar surface area (TPSA) is 29.1 Å². The normalized spacial score (nSPS) is 12.2. The van der Waals surface area contributed by atoms with Gasteiger partial charge in [0.25, 0.3) is 0 Å². The van der Waals surface area contributed by atoms with E-state index in [1.165, 1.54) is 17.8 Å². The molecule has 0 aromatic heterocycles. The molecule has 0 aliphatic heterocycles. The molecule has 0 spiro atoms. The number of nitrogens with one attached hydrogen (secondary N) is 1. The first kappa shape index (κ1) is 16.3. The van der Waals surface area contributed by atoms with Crippen LogP contribution in [0.15, 0.2) is 18.2 Å². The van der Waals surface area contributed by atoms with Crippen molar-refractivity contribution in [3.63, 3.8) is 0 Å². The highest BCUT2D eigenvalue weighted by atomic mass is 35.5. The third-order valence-corrected chi connectivity index (χ3v) is 3.85. The Balaban J connectivity index is 2.31. The van der Waals surface area contributed by atoms with Crippen molar-refractivity contribution in [1.29, 1.82) is 0 Å². The van der Waals surface area contributed by atoms with Crippen molar-refractivity contribution in [2.75, 3.05) is 5.75 Å². The lowest BCUT2D eigenvalue weighted by molar-refractivity contribution is -0.119. The number of benzene rings is 1. The Morgan fingerprint density at radius 3 is 2.89 bits per heavy atom. The van der Waals surface area contributed by atoms with Crippen molar-refractivity contribution in [3.8, 4) is 0 Å². The molecule has 1 amide bonds.